The highest BCUT2D eigenvalue weighted by atomic mass is 19.1. The average molecular weight is 326 g/mol. The van der Waals surface area contributed by atoms with Crippen LogP contribution in [0.15, 0.2) is 36.4 Å². The molecule has 2 aromatic carbocycles. The molecule has 8 heteroatoms. The molecule has 0 saturated carbocycles. The minimum absolute atomic E-state index is 0.570. The summed E-state index contributed by atoms with van der Waals surface area (Å²) in [6, 6.07) is 5.75. The van der Waals surface area contributed by atoms with Crippen LogP contribution in [0.25, 0.3) is 0 Å². The van der Waals surface area contributed by atoms with Gasteiger partial charge < -0.3 is 10.6 Å². The predicted molar refractivity (Wildman–Crippen MR) is 72.5 cm³/mol. The lowest BCUT2D eigenvalue weighted by Gasteiger charge is -2.09. The lowest BCUT2D eigenvalue weighted by atomic mass is 10.2. The van der Waals surface area contributed by atoms with Gasteiger partial charge in [0.1, 0.15) is 34.4 Å². The maximum Gasteiger partial charge on any atom is 0.258 e. The molecule has 0 atom stereocenters. The van der Waals surface area contributed by atoms with Gasteiger partial charge in [-0.15, -0.1) is 0 Å². The molecule has 120 valence electrons. The van der Waals surface area contributed by atoms with Crippen LogP contribution in [0.1, 0.15) is 20.7 Å². The Morgan fingerprint density at radius 3 is 1.30 bits per heavy atom. The maximum atomic E-state index is 13.4. The summed E-state index contributed by atoms with van der Waals surface area (Å²) in [5.74, 6) is -6.53. The fourth-order valence-electron chi connectivity index (χ4n) is 1.81. The van der Waals surface area contributed by atoms with Crippen LogP contribution in [0.3, 0.4) is 0 Å². The van der Waals surface area contributed by atoms with Gasteiger partial charge >= 0.3 is 0 Å². The third kappa shape index (κ3) is 3.65. The van der Waals surface area contributed by atoms with E-state index in [4.69, 9.17) is 0 Å². The lowest BCUT2D eigenvalue weighted by molar-refractivity contribution is 0.0912. The molecule has 2 aromatic rings. The zero-order valence-corrected chi connectivity index (χ0v) is 11.5. The minimum atomic E-state index is -1.12. The highest BCUT2D eigenvalue weighted by molar-refractivity contribution is 5.96. The third-order valence-electron chi connectivity index (χ3n) is 2.88. The third-order valence-corrected chi connectivity index (χ3v) is 2.88. The van der Waals surface area contributed by atoms with E-state index in [0.717, 1.165) is 36.4 Å². The Morgan fingerprint density at radius 1 is 0.696 bits per heavy atom. The van der Waals surface area contributed by atoms with Crippen LogP contribution < -0.4 is 10.6 Å². The fraction of sp³-hybridized carbons (Fsp3) is 0.0667. The van der Waals surface area contributed by atoms with E-state index < -0.39 is 52.9 Å². The molecule has 0 spiro atoms. The maximum absolute atomic E-state index is 13.4. The van der Waals surface area contributed by atoms with Gasteiger partial charge in [0.05, 0.1) is 6.67 Å². The molecule has 0 aromatic heterocycles. The Morgan fingerprint density at radius 2 is 1.00 bits per heavy atom. The molecule has 0 aliphatic carbocycles. The van der Waals surface area contributed by atoms with Crippen LogP contribution >= 0.6 is 0 Å². The summed E-state index contributed by atoms with van der Waals surface area (Å²) >= 11 is 0. The van der Waals surface area contributed by atoms with E-state index >= 15 is 0 Å². The van der Waals surface area contributed by atoms with E-state index in [0.29, 0.717) is 0 Å². The van der Waals surface area contributed by atoms with Gasteiger partial charge in [0.15, 0.2) is 0 Å². The first kappa shape index (κ1) is 16.5. The van der Waals surface area contributed by atoms with Crippen molar-refractivity contribution < 1.29 is 27.2 Å². The number of hydrogen-bond donors (Lipinski definition) is 2. The van der Waals surface area contributed by atoms with Gasteiger partial charge in [0.2, 0.25) is 0 Å². The molecule has 2 N–H and O–H groups in total. The Balaban J connectivity index is 2.00. The number of rotatable bonds is 4. The number of hydrogen-bond acceptors (Lipinski definition) is 2. The number of halogens is 4. The summed E-state index contributed by atoms with van der Waals surface area (Å²) in [6.07, 6.45) is 0. The lowest BCUT2D eigenvalue weighted by Crippen LogP contribution is -2.38. The highest BCUT2D eigenvalue weighted by Gasteiger charge is 2.19. The van der Waals surface area contributed by atoms with E-state index in [-0.39, 0.29) is 0 Å². The molecule has 2 rings (SSSR count). The second-order valence-electron chi connectivity index (χ2n) is 4.38. The first-order valence-corrected chi connectivity index (χ1v) is 6.36. The van der Waals surface area contributed by atoms with Crippen molar-refractivity contribution in [1.82, 2.24) is 10.6 Å². The van der Waals surface area contributed by atoms with Crippen LogP contribution in [0.5, 0.6) is 0 Å². The van der Waals surface area contributed by atoms with E-state index in [1.807, 2.05) is 10.6 Å². The van der Waals surface area contributed by atoms with Crippen molar-refractivity contribution in [3.05, 3.63) is 70.8 Å². The van der Waals surface area contributed by atoms with Crippen LogP contribution in [0.4, 0.5) is 17.6 Å². The predicted octanol–water partition coefficient (Wildman–Crippen LogP) is 2.36. The van der Waals surface area contributed by atoms with Crippen LogP contribution in [-0.2, 0) is 0 Å². The van der Waals surface area contributed by atoms with Gasteiger partial charge in [-0.05, 0) is 24.3 Å². The van der Waals surface area contributed by atoms with Gasteiger partial charge in [-0.2, -0.15) is 0 Å². The average Bonchev–Trinajstić information content (AvgIpc) is 2.46. The van der Waals surface area contributed by atoms with Gasteiger partial charge in [0, 0.05) is 0 Å². The second-order valence-corrected chi connectivity index (χ2v) is 4.38. The smallest absolute Gasteiger partial charge is 0.258 e. The summed E-state index contributed by atoms with van der Waals surface area (Å²) in [7, 11) is 0. The molecular weight excluding hydrogens is 316 g/mol. The van der Waals surface area contributed by atoms with Crippen molar-refractivity contribution >= 4 is 11.8 Å². The molecule has 0 bridgehead atoms. The van der Waals surface area contributed by atoms with Crippen LogP contribution in [0, 0.1) is 23.3 Å². The van der Waals surface area contributed by atoms with E-state index in [1.54, 1.807) is 0 Å². The van der Waals surface area contributed by atoms with Crippen molar-refractivity contribution in [2.45, 2.75) is 0 Å². The molecule has 2 amide bonds. The Labute approximate surface area is 128 Å². The monoisotopic (exact) mass is 326 g/mol. The number of carbonyl (C=O) groups excluding carboxylic acids is 2. The van der Waals surface area contributed by atoms with Crippen molar-refractivity contribution in [1.29, 1.82) is 0 Å². The number of nitrogens with one attached hydrogen (secondary N) is 2. The van der Waals surface area contributed by atoms with Crippen molar-refractivity contribution in [2.75, 3.05) is 6.67 Å². The topological polar surface area (TPSA) is 58.2 Å². The largest absolute Gasteiger partial charge is 0.334 e. The molecular formula is C15H10F4N2O2. The van der Waals surface area contributed by atoms with Gasteiger partial charge in [-0.3, -0.25) is 9.59 Å². The number of carbonyl (C=O) groups is 2. The van der Waals surface area contributed by atoms with Gasteiger partial charge in [-0.1, -0.05) is 12.1 Å². The summed E-state index contributed by atoms with van der Waals surface area (Å²) in [6.45, 7) is -0.570. The van der Waals surface area contributed by atoms with Gasteiger partial charge in [0.25, 0.3) is 11.8 Å². The minimum Gasteiger partial charge on any atom is -0.334 e. The van der Waals surface area contributed by atoms with Gasteiger partial charge in [-0.25, -0.2) is 17.6 Å². The zero-order chi connectivity index (χ0) is 17.0. The first-order chi connectivity index (χ1) is 10.9. The molecule has 0 unspecified atom stereocenters. The first-order valence-electron chi connectivity index (χ1n) is 6.36. The number of amides is 2. The van der Waals surface area contributed by atoms with E-state index in [2.05, 4.69) is 0 Å². The highest BCUT2D eigenvalue weighted by Crippen LogP contribution is 2.12. The van der Waals surface area contributed by atoms with Crippen molar-refractivity contribution in [3.63, 3.8) is 0 Å². The standard InChI is InChI=1S/C15H10F4N2O2/c16-8-3-1-4-9(17)12(8)14(22)20-7-21-15(23)13-10(18)5-2-6-11(13)19/h1-6H,7H2,(H,20,22)(H,21,23). The number of benzene rings is 2. The SMILES string of the molecule is O=C(NCNC(=O)c1c(F)cccc1F)c1c(F)cccc1F. The van der Waals surface area contributed by atoms with Crippen LogP contribution in [0.2, 0.25) is 0 Å². The molecule has 0 aliphatic rings. The Kier molecular flexibility index (Phi) is 4.95. The second kappa shape index (κ2) is 6.91. The molecule has 0 radical (unpaired) electrons. The Hall–Kier alpha value is -2.90. The van der Waals surface area contributed by atoms with Crippen molar-refractivity contribution in [2.24, 2.45) is 0 Å². The molecule has 0 saturated heterocycles. The molecule has 0 heterocycles. The summed E-state index contributed by atoms with van der Waals surface area (Å²) in [5, 5.41) is 4.05. The zero-order valence-electron chi connectivity index (χ0n) is 11.5. The summed E-state index contributed by atoms with van der Waals surface area (Å²) in [5.41, 5.74) is -1.64. The van der Waals surface area contributed by atoms with Crippen molar-refractivity contribution in [3.8, 4) is 0 Å². The van der Waals surface area contributed by atoms with E-state index in [9.17, 15) is 27.2 Å². The molecule has 0 fully saturated rings. The summed E-state index contributed by atoms with van der Waals surface area (Å²) < 4.78 is 53.5. The normalized spacial score (nSPS) is 10.3. The molecule has 4 nitrogen and oxygen atoms in total. The quantitative estimate of drug-likeness (QED) is 0.669. The summed E-state index contributed by atoms with van der Waals surface area (Å²) in [4.78, 5) is 23.3. The van der Waals surface area contributed by atoms with Crippen LogP contribution in [-0.4, -0.2) is 18.5 Å². The molecule has 23 heavy (non-hydrogen) atoms. The van der Waals surface area contributed by atoms with E-state index in [1.165, 1.54) is 0 Å². The fourth-order valence-corrected chi connectivity index (χ4v) is 1.81. The molecule has 0 aliphatic heterocycles. The Bertz CT molecular complexity index is 661.